The third-order valence-electron chi connectivity index (χ3n) is 3.61. The Kier molecular flexibility index (Phi) is 4.07. The molecule has 1 aromatic carbocycles. The lowest BCUT2D eigenvalue weighted by atomic mass is 10.2. The molecule has 21 heavy (non-hydrogen) atoms. The molecule has 2 aliphatic rings. The summed E-state index contributed by atoms with van der Waals surface area (Å²) >= 11 is 0.874. The number of halogens is 1. The van der Waals surface area contributed by atoms with Crippen LogP contribution in [0.5, 0.6) is 0 Å². The molecule has 0 N–H and O–H groups in total. The molecule has 2 saturated heterocycles. The van der Waals surface area contributed by atoms with Gasteiger partial charge in [-0.25, -0.2) is 4.39 Å². The van der Waals surface area contributed by atoms with E-state index >= 15 is 0 Å². The van der Waals surface area contributed by atoms with Crippen LogP contribution in [0.3, 0.4) is 0 Å². The van der Waals surface area contributed by atoms with Gasteiger partial charge < -0.3 is 0 Å². The van der Waals surface area contributed by atoms with E-state index in [0.717, 1.165) is 37.7 Å². The zero-order valence-corrected chi connectivity index (χ0v) is 12.2. The Morgan fingerprint density at radius 1 is 1.19 bits per heavy atom. The zero-order valence-electron chi connectivity index (χ0n) is 11.4. The maximum atomic E-state index is 13.6. The summed E-state index contributed by atoms with van der Waals surface area (Å²) in [6.07, 6.45) is 3.65. The van der Waals surface area contributed by atoms with Crippen LogP contribution in [0.1, 0.15) is 18.4 Å². The molecule has 0 saturated carbocycles. The molecule has 6 heteroatoms. The van der Waals surface area contributed by atoms with Crippen LogP contribution < -0.4 is 0 Å². The van der Waals surface area contributed by atoms with Crippen LogP contribution >= 0.6 is 11.8 Å². The highest BCUT2D eigenvalue weighted by molar-refractivity contribution is 8.18. The van der Waals surface area contributed by atoms with Crippen LogP contribution in [-0.4, -0.2) is 40.7 Å². The number of likely N-dealkylation sites (tertiary alicyclic amines) is 1. The first-order chi connectivity index (χ1) is 10.1. The van der Waals surface area contributed by atoms with Crippen molar-refractivity contribution >= 4 is 29.0 Å². The number of carbonyl (C=O) groups excluding carboxylic acids is 2. The van der Waals surface area contributed by atoms with Gasteiger partial charge in [-0.1, -0.05) is 18.2 Å². The molecule has 0 aliphatic carbocycles. The van der Waals surface area contributed by atoms with Gasteiger partial charge in [0.05, 0.1) is 11.6 Å². The van der Waals surface area contributed by atoms with Crippen molar-refractivity contribution in [2.24, 2.45) is 0 Å². The van der Waals surface area contributed by atoms with Gasteiger partial charge in [0.2, 0.25) is 0 Å². The number of rotatable bonds is 3. The fourth-order valence-corrected chi connectivity index (χ4v) is 3.30. The Labute approximate surface area is 126 Å². The minimum Gasteiger partial charge on any atom is -0.286 e. The molecule has 0 atom stereocenters. The predicted molar refractivity (Wildman–Crippen MR) is 79.9 cm³/mol. The lowest BCUT2D eigenvalue weighted by Crippen LogP contribution is -2.38. The van der Waals surface area contributed by atoms with Crippen molar-refractivity contribution in [3.8, 4) is 0 Å². The van der Waals surface area contributed by atoms with Crippen LogP contribution in [0, 0.1) is 5.82 Å². The van der Waals surface area contributed by atoms with Crippen LogP contribution in [0.2, 0.25) is 0 Å². The van der Waals surface area contributed by atoms with E-state index in [2.05, 4.69) is 4.90 Å². The molecule has 2 fully saturated rings. The third kappa shape index (κ3) is 3.01. The van der Waals surface area contributed by atoms with Crippen LogP contribution in [-0.2, 0) is 4.79 Å². The average Bonchev–Trinajstić information content (AvgIpc) is 3.06. The first-order valence-corrected chi connectivity index (χ1v) is 7.69. The van der Waals surface area contributed by atoms with Gasteiger partial charge >= 0.3 is 0 Å². The van der Waals surface area contributed by atoms with Crippen molar-refractivity contribution in [2.45, 2.75) is 12.8 Å². The highest BCUT2D eigenvalue weighted by Gasteiger charge is 2.36. The molecule has 0 radical (unpaired) electrons. The summed E-state index contributed by atoms with van der Waals surface area (Å²) in [5, 5.41) is -0.283. The molecule has 0 bridgehead atoms. The fourth-order valence-electron chi connectivity index (χ4n) is 2.48. The third-order valence-corrected chi connectivity index (χ3v) is 4.51. The number of hydrogen-bond acceptors (Lipinski definition) is 4. The molecule has 2 heterocycles. The van der Waals surface area contributed by atoms with Gasteiger partial charge in [0.15, 0.2) is 0 Å². The molecular weight excluding hydrogens is 291 g/mol. The number of amides is 2. The fraction of sp³-hybridized carbons (Fsp3) is 0.333. The second-order valence-corrected chi connectivity index (χ2v) is 6.09. The van der Waals surface area contributed by atoms with Gasteiger partial charge in [-0.15, -0.1) is 0 Å². The molecule has 2 aliphatic heterocycles. The van der Waals surface area contributed by atoms with Crippen LogP contribution in [0.4, 0.5) is 9.18 Å². The smallest absolute Gasteiger partial charge is 0.286 e. The summed E-state index contributed by atoms with van der Waals surface area (Å²) in [6.45, 7) is 2.15. The van der Waals surface area contributed by atoms with E-state index in [-0.39, 0.29) is 16.1 Å². The second-order valence-electron chi connectivity index (χ2n) is 5.10. The molecule has 4 nitrogen and oxygen atoms in total. The number of imide groups is 1. The second kappa shape index (κ2) is 5.99. The normalized spacial score (nSPS) is 21.8. The summed E-state index contributed by atoms with van der Waals surface area (Å²) in [4.78, 5) is 27.9. The van der Waals surface area contributed by atoms with Crippen molar-refractivity contribution in [2.75, 3.05) is 19.8 Å². The summed E-state index contributed by atoms with van der Waals surface area (Å²) in [5.74, 6) is -0.732. The number of nitrogens with zero attached hydrogens (tertiary/aromatic N) is 2. The molecule has 0 spiro atoms. The largest absolute Gasteiger partial charge is 0.294 e. The molecule has 2 amide bonds. The molecule has 1 aromatic rings. The Bertz CT molecular complexity index is 611. The van der Waals surface area contributed by atoms with Crippen LogP contribution in [0.25, 0.3) is 6.08 Å². The van der Waals surface area contributed by atoms with E-state index in [1.807, 2.05) is 0 Å². The average molecular weight is 306 g/mol. The van der Waals surface area contributed by atoms with Gasteiger partial charge in [-0.2, -0.15) is 0 Å². The van der Waals surface area contributed by atoms with E-state index in [1.165, 1.54) is 17.0 Å². The quantitative estimate of drug-likeness (QED) is 0.805. The summed E-state index contributed by atoms with van der Waals surface area (Å²) < 4.78 is 13.6. The van der Waals surface area contributed by atoms with E-state index in [9.17, 15) is 14.0 Å². The lowest BCUT2D eigenvalue weighted by molar-refractivity contribution is -0.124. The molecule has 0 aromatic heterocycles. The minimum absolute atomic E-state index is 0.282. The Balaban J connectivity index is 1.78. The van der Waals surface area contributed by atoms with Crippen LogP contribution in [0.15, 0.2) is 29.2 Å². The molecule has 0 unspecified atom stereocenters. The first kappa shape index (κ1) is 14.3. The Hall–Kier alpha value is -1.66. The molecular formula is C15H15FN2O2S. The lowest BCUT2D eigenvalue weighted by Gasteiger charge is -2.20. The van der Waals surface area contributed by atoms with E-state index in [0.29, 0.717) is 12.2 Å². The molecule has 3 rings (SSSR count). The van der Waals surface area contributed by atoms with Gasteiger partial charge in [0, 0.05) is 5.56 Å². The van der Waals surface area contributed by atoms with Crippen molar-refractivity contribution in [1.29, 1.82) is 0 Å². The van der Waals surface area contributed by atoms with Crippen molar-refractivity contribution in [3.05, 3.63) is 40.6 Å². The number of carbonyl (C=O) groups is 2. The monoisotopic (exact) mass is 306 g/mol. The number of benzene rings is 1. The highest BCUT2D eigenvalue weighted by atomic mass is 32.2. The standard InChI is InChI=1S/C15H15FN2O2S/c16-12-6-2-1-5-11(12)9-13-14(19)18(15(20)21-13)10-17-7-3-4-8-17/h1-2,5-6,9H,3-4,7-8,10H2/b13-9-. The SMILES string of the molecule is O=C1S/C(=C\c2ccccc2F)C(=O)N1CN1CCCC1. The number of thioether (sulfide) groups is 1. The van der Waals surface area contributed by atoms with E-state index in [4.69, 9.17) is 0 Å². The van der Waals surface area contributed by atoms with Crippen molar-refractivity contribution in [1.82, 2.24) is 9.80 Å². The highest BCUT2D eigenvalue weighted by Crippen LogP contribution is 2.32. The Morgan fingerprint density at radius 2 is 1.90 bits per heavy atom. The minimum atomic E-state index is -0.399. The molecule has 110 valence electrons. The van der Waals surface area contributed by atoms with Gasteiger partial charge in [0.25, 0.3) is 11.1 Å². The van der Waals surface area contributed by atoms with Gasteiger partial charge in [0.1, 0.15) is 5.82 Å². The van der Waals surface area contributed by atoms with Crippen molar-refractivity contribution < 1.29 is 14.0 Å². The summed E-state index contributed by atoms with van der Waals surface area (Å²) in [5.41, 5.74) is 0.323. The van der Waals surface area contributed by atoms with Gasteiger partial charge in [-0.3, -0.25) is 19.4 Å². The topological polar surface area (TPSA) is 40.6 Å². The summed E-state index contributed by atoms with van der Waals surface area (Å²) in [7, 11) is 0. The predicted octanol–water partition coefficient (Wildman–Crippen LogP) is 2.92. The van der Waals surface area contributed by atoms with Gasteiger partial charge in [-0.05, 0) is 49.8 Å². The maximum absolute atomic E-state index is 13.6. The van der Waals surface area contributed by atoms with E-state index < -0.39 is 5.82 Å². The number of hydrogen-bond donors (Lipinski definition) is 0. The Morgan fingerprint density at radius 3 is 2.62 bits per heavy atom. The first-order valence-electron chi connectivity index (χ1n) is 6.87. The summed E-state index contributed by atoms with van der Waals surface area (Å²) in [6, 6.07) is 6.21. The zero-order chi connectivity index (χ0) is 14.8. The maximum Gasteiger partial charge on any atom is 0.294 e. The van der Waals surface area contributed by atoms with Crippen molar-refractivity contribution in [3.63, 3.8) is 0 Å². The van der Waals surface area contributed by atoms with E-state index in [1.54, 1.807) is 18.2 Å².